The van der Waals surface area contributed by atoms with E-state index >= 15 is 0 Å². The summed E-state index contributed by atoms with van der Waals surface area (Å²) in [6.07, 6.45) is 24.5. The number of hydrogen-bond acceptors (Lipinski definition) is 9. The quantitative estimate of drug-likeness (QED) is 0.0378. The Kier molecular flexibility index (Phi) is 22.6. The monoisotopic (exact) mass is 672 g/mol. The fourth-order valence-electron chi connectivity index (χ4n) is 6.15. The Labute approximate surface area is 277 Å². The molecule has 2 unspecified atom stereocenters. The summed E-state index contributed by atoms with van der Waals surface area (Å²) >= 11 is 0. The van der Waals surface area contributed by atoms with Crippen molar-refractivity contribution in [2.75, 3.05) is 51.0 Å². The minimum absolute atomic E-state index is 0.122. The molecule has 46 heavy (non-hydrogen) atoms. The molecule has 1 aliphatic rings. The Bertz CT molecular complexity index is 1070. The van der Waals surface area contributed by atoms with Crippen LogP contribution in [0.5, 0.6) is 0 Å². The van der Waals surface area contributed by atoms with Crippen molar-refractivity contribution in [1.29, 1.82) is 0 Å². The van der Waals surface area contributed by atoms with Gasteiger partial charge >= 0.3 is 13.3 Å². The van der Waals surface area contributed by atoms with Crippen LogP contribution in [-0.2, 0) is 13.6 Å². The first kappa shape index (κ1) is 40.7. The number of anilines is 1. The second-order valence-corrected chi connectivity index (χ2v) is 15.1. The number of unbranched alkanes of at least 4 members (excludes halogenated alkanes) is 18. The highest BCUT2D eigenvalue weighted by atomic mass is 31.2. The molecule has 0 saturated heterocycles. The van der Waals surface area contributed by atoms with Crippen molar-refractivity contribution >= 4 is 13.3 Å². The summed E-state index contributed by atoms with van der Waals surface area (Å²) in [5, 5.41) is 25.0. The third-order valence-corrected chi connectivity index (χ3v) is 11.0. The van der Waals surface area contributed by atoms with Gasteiger partial charge < -0.3 is 34.9 Å². The first-order valence-electron chi connectivity index (χ1n) is 18.4. The van der Waals surface area contributed by atoms with Crippen LogP contribution in [0.1, 0.15) is 147 Å². The first-order chi connectivity index (χ1) is 22.4. The van der Waals surface area contributed by atoms with Crippen LogP contribution in [0.2, 0.25) is 0 Å². The van der Waals surface area contributed by atoms with Gasteiger partial charge in [0.25, 0.3) is 5.56 Å². The zero-order chi connectivity index (χ0) is 33.3. The fourth-order valence-corrected chi connectivity index (χ4v) is 7.92. The molecular weight excluding hydrogens is 607 g/mol. The summed E-state index contributed by atoms with van der Waals surface area (Å²) in [5.74, 6) is -0.122. The van der Waals surface area contributed by atoms with E-state index in [0.29, 0.717) is 50.7 Å². The smallest absolute Gasteiger partial charge is 0.330 e. The Morgan fingerprint density at radius 3 is 1.80 bits per heavy atom. The summed E-state index contributed by atoms with van der Waals surface area (Å²) in [6, 6.07) is -0.316. The van der Waals surface area contributed by atoms with Gasteiger partial charge in [-0.05, 0) is 26.2 Å². The largest absolute Gasteiger partial charge is 0.396 e. The minimum Gasteiger partial charge on any atom is -0.396 e. The Hall–Kier alpha value is -1.49. The third kappa shape index (κ3) is 17.6. The number of H-pyrrole nitrogens is 2. The molecule has 268 valence electrons. The number of hydrogen-bond donors (Lipinski definition) is 6. The van der Waals surface area contributed by atoms with Crippen molar-refractivity contribution in [3.63, 3.8) is 0 Å². The number of aromatic amines is 2. The maximum atomic E-state index is 13.3. The average molecular weight is 673 g/mol. The van der Waals surface area contributed by atoms with Gasteiger partial charge in [-0.15, -0.1) is 0 Å². The maximum absolute atomic E-state index is 13.3. The topological polar surface area (TPSA) is 166 Å². The van der Waals surface area contributed by atoms with E-state index in [1.54, 1.807) is 6.92 Å². The second kappa shape index (κ2) is 25.5. The van der Waals surface area contributed by atoms with Gasteiger partial charge in [0.2, 0.25) is 0 Å². The molecule has 2 heterocycles. The molecule has 0 bridgehead atoms. The summed E-state index contributed by atoms with van der Waals surface area (Å²) in [6.45, 7) is 3.65. The lowest BCUT2D eigenvalue weighted by molar-refractivity contribution is 0.201. The molecule has 6 N–H and O–H groups in total. The van der Waals surface area contributed by atoms with E-state index in [1.807, 2.05) is 0 Å². The molecule has 1 aromatic heterocycles. The minimum atomic E-state index is -3.26. The van der Waals surface area contributed by atoms with Crippen molar-refractivity contribution in [2.24, 2.45) is 0 Å². The van der Waals surface area contributed by atoms with Crippen molar-refractivity contribution in [2.45, 2.75) is 147 Å². The normalized spacial score (nSPS) is 16.3. The Balaban J connectivity index is 1.46. The van der Waals surface area contributed by atoms with E-state index in [9.17, 15) is 19.3 Å². The molecule has 0 radical (unpaired) electrons. The Morgan fingerprint density at radius 2 is 1.30 bits per heavy atom. The zero-order valence-electron chi connectivity index (χ0n) is 28.6. The molecule has 0 fully saturated rings. The van der Waals surface area contributed by atoms with Gasteiger partial charge in [0.05, 0.1) is 31.7 Å². The van der Waals surface area contributed by atoms with Gasteiger partial charge in [-0.3, -0.25) is 14.3 Å². The van der Waals surface area contributed by atoms with Crippen LogP contribution < -0.4 is 21.9 Å². The average Bonchev–Trinajstić information content (AvgIpc) is 3.45. The summed E-state index contributed by atoms with van der Waals surface area (Å²) in [5.41, 5.74) is -0.0400. The molecule has 0 amide bonds. The third-order valence-electron chi connectivity index (χ3n) is 8.95. The summed E-state index contributed by atoms with van der Waals surface area (Å²) in [7, 11) is -3.26. The highest BCUT2D eigenvalue weighted by Gasteiger charge is 2.28. The van der Waals surface area contributed by atoms with E-state index < -0.39 is 18.8 Å². The Morgan fingerprint density at radius 1 is 0.783 bits per heavy atom. The standard InChI is InChI=1S/C34H65N4O7P/c1-2-44-46(43,25-22-30(28-40)35-26-29-27-36-32-31(29)37-34(42)38-33(32)41)45-24-21-19-17-15-13-11-9-7-5-3-4-6-8-10-12-14-16-18-20-23-39/h29-30,35-36,39-40H,2-28H2,1H3,(H2,37,38,41,42)/t29?,30-,46?/m0/s1. The van der Waals surface area contributed by atoms with Crippen LogP contribution in [0, 0.1) is 0 Å². The number of rotatable bonds is 31. The van der Waals surface area contributed by atoms with E-state index in [0.717, 1.165) is 25.7 Å². The molecular formula is C34H65N4O7P. The van der Waals surface area contributed by atoms with Crippen LogP contribution in [-0.4, -0.2) is 71.9 Å². The number of aliphatic hydroxyl groups is 2. The van der Waals surface area contributed by atoms with Gasteiger partial charge in [-0.1, -0.05) is 109 Å². The van der Waals surface area contributed by atoms with Crippen LogP contribution in [0.25, 0.3) is 0 Å². The highest BCUT2D eigenvalue weighted by molar-refractivity contribution is 7.53. The molecule has 0 aromatic carbocycles. The predicted octanol–water partition coefficient (Wildman–Crippen LogP) is 6.56. The van der Waals surface area contributed by atoms with Crippen molar-refractivity contribution in [3.8, 4) is 0 Å². The van der Waals surface area contributed by atoms with Crippen molar-refractivity contribution in [3.05, 3.63) is 26.5 Å². The first-order valence-corrected chi connectivity index (χ1v) is 20.1. The van der Waals surface area contributed by atoms with Crippen LogP contribution >= 0.6 is 7.60 Å². The molecule has 1 aliphatic heterocycles. The number of nitrogens with one attached hydrogen (secondary N) is 4. The fraction of sp³-hybridized carbons (Fsp3) is 0.882. The maximum Gasteiger partial charge on any atom is 0.330 e. The SMILES string of the molecule is CCOP(=O)(CC[C@@H](CO)NCC1CNc2c1[nH]c(=O)[nH]c2=O)OCCCCCCCCCCCCCCCCCCCCCO. The van der Waals surface area contributed by atoms with E-state index in [1.165, 1.54) is 96.3 Å². The lowest BCUT2D eigenvalue weighted by Crippen LogP contribution is -2.37. The molecule has 0 aliphatic carbocycles. The predicted molar refractivity (Wildman–Crippen MR) is 187 cm³/mol. The number of aromatic nitrogens is 2. The van der Waals surface area contributed by atoms with Crippen LogP contribution in [0.4, 0.5) is 5.69 Å². The summed E-state index contributed by atoms with van der Waals surface area (Å²) in [4.78, 5) is 28.6. The van der Waals surface area contributed by atoms with Crippen molar-refractivity contribution < 1.29 is 23.8 Å². The molecule has 11 nitrogen and oxygen atoms in total. The molecule has 0 saturated carbocycles. The lowest BCUT2D eigenvalue weighted by atomic mass is 10.0. The van der Waals surface area contributed by atoms with Gasteiger partial charge in [-0.25, -0.2) is 4.79 Å². The molecule has 3 atom stereocenters. The van der Waals surface area contributed by atoms with Gasteiger partial charge in [0, 0.05) is 31.7 Å². The highest BCUT2D eigenvalue weighted by Crippen LogP contribution is 2.49. The molecule has 12 heteroatoms. The van der Waals surface area contributed by atoms with Crippen molar-refractivity contribution in [1.82, 2.24) is 15.3 Å². The van der Waals surface area contributed by atoms with Gasteiger partial charge in [0.15, 0.2) is 0 Å². The second-order valence-electron chi connectivity index (χ2n) is 12.9. The van der Waals surface area contributed by atoms with E-state index in [-0.39, 0.29) is 24.7 Å². The lowest BCUT2D eigenvalue weighted by Gasteiger charge is -2.22. The van der Waals surface area contributed by atoms with Crippen LogP contribution in [0.3, 0.4) is 0 Å². The van der Waals surface area contributed by atoms with E-state index in [4.69, 9.17) is 14.2 Å². The molecule has 0 spiro atoms. The van der Waals surface area contributed by atoms with Gasteiger partial charge in [0.1, 0.15) is 5.69 Å². The van der Waals surface area contributed by atoms with Crippen LogP contribution in [0.15, 0.2) is 9.59 Å². The number of aliphatic hydroxyl groups excluding tert-OH is 2. The zero-order valence-corrected chi connectivity index (χ0v) is 29.5. The molecule has 1 aromatic rings. The summed E-state index contributed by atoms with van der Waals surface area (Å²) < 4.78 is 24.6. The number of fused-ring (bicyclic) bond motifs is 1. The van der Waals surface area contributed by atoms with E-state index in [2.05, 4.69) is 20.6 Å². The molecule has 2 rings (SSSR count). The van der Waals surface area contributed by atoms with Gasteiger partial charge in [-0.2, -0.15) is 0 Å².